The Bertz CT molecular complexity index is 1240. The lowest BCUT2D eigenvalue weighted by molar-refractivity contribution is -0.147. The number of nitrogens with one attached hydrogen (secondary N) is 1. The lowest BCUT2D eigenvalue weighted by atomic mass is 10.1. The van der Waals surface area contributed by atoms with Crippen molar-refractivity contribution in [3.05, 3.63) is 85.1 Å². The van der Waals surface area contributed by atoms with Gasteiger partial charge in [-0.05, 0) is 89.9 Å². The normalized spacial score (nSPS) is 14.0. The van der Waals surface area contributed by atoms with Gasteiger partial charge in [-0.3, -0.25) is 18.6 Å². The number of hydrogen-bond acceptors (Lipinski definition) is 7. The molecule has 0 saturated heterocycles. The largest absolute Gasteiger partial charge is 0.472 e. The molecule has 0 spiro atoms. The van der Waals surface area contributed by atoms with Crippen molar-refractivity contribution in [1.29, 1.82) is 0 Å². The third-order valence-corrected chi connectivity index (χ3v) is 10.3. The van der Waals surface area contributed by atoms with E-state index >= 15 is 0 Å². The van der Waals surface area contributed by atoms with Gasteiger partial charge in [-0.25, -0.2) is 4.57 Å². The molecule has 0 aliphatic heterocycles. The van der Waals surface area contributed by atoms with Crippen LogP contribution in [0, 0.1) is 0 Å². The monoisotopic (exact) mass is 846 g/mol. The lowest BCUT2D eigenvalue weighted by Gasteiger charge is -2.15. The summed E-state index contributed by atoms with van der Waals surface area (Å²) in [5, 5.41) is 12.7. The third kappa shape index (κ3) is 46.1. The molecule has 0 aromatic heterocycles. The van der Waals surface area contributed by atoms with Gasteiger partial charge >= 0.3 is 13.8 Å². The van der Waals surface area contributed by atoms with Crippen LogP contribution < -0.4 is 5.32 Å². The number of carbonyl (C=O) groups excluding carboxylic acids is 2. The van der Waals surface area contributed by atoms with Crippen molar-refractivity contribution in [3.63, 3.8) is 0 Å². The first-order valence-corrected chi connectivity index (χ1v) is 24.6. The number of amides is 1. The molecule has 0 saturated carbocycles. The Morgan fingerprint density at radius 3 is 1.46 bits per heavy atom. The van der Waals surface area contributed by atoms with E-state index in [-0.39, 0.29) is 32.1 Å². The maximum Gasteiger partial charge on any atom is 0.472 e. The molecule has 0 aliphatic rings. The van der Waals surface area contributed by atoms with Crippen molar-refractivity contribution in [1.82, 2.24) is 5.32 Å². The van der Waals surface area contributed by atoms with Crippen LogP contribution in [0.25, 0.3) is 0 Å². The standard InChI is InChI=1S/C49H84NO8P/c1-3-5-7-9-11-13-15-17-19-21-22-23-24-26-28-30-32-34-36-38-40-42-49(53)56-45-47(51)46-58-59(54,55)57-44-43-50-48(52)41-39-37-35-33-31-29-27-25-20-18-16-14-12-10-8-6-4-2/h6,8,11-14,17-20,22-23,26,28,47,51H,3-5,7,9-10,15-16,21,24-25,27,29-46H2,1-2H3,(H,50,52)(H,54,55)/b8-6-,13-11-,14-12-,19-17-,20-18-,23-22-,28-26-. The topological polar surface area (TPSA) is 131 Å². The number of esters is 1. The minimum atomic E-state index is -4.43. The van der Waals surface area contributed by atoms with Crippen molar-refractivity contribution in [2.75, 3.05) is 26.4 Å². The molecule has 59 heavy (non-hydrogen) atoms. The Morgan fingerprint density at radius 1 is 0.542 bits per heavy atom. The predicted molar refractivity (Wildman–Crippen MR) is 247 cm³/mol. The molecular weight excluding hydrogens is 762 g/mol. The molecule has 1 amide bonds. The van der Waals surface area contributed by atoms with Gasteiger partial charge in [-0.2, -0.15) is 0 Å². The maximum atomic E-state index is 12.1. The lowest BCUT2D eigenvalue weighted by Crippen LogP contribution is -2.27. The molecule has 0 bridgehead atoms. The number of phosphoric acid groups is 1. The Morgan fingerprint density at radius 2 is 0.966 bits per heavy atom. The summed E-state index contributed by atoms with van der Waals surface area (Å²) in [7, 11) is -4.43. The first kappa shape index (κ1) is 56.2. The number of carbonyl (C=O) groups is 2. The fourth-order valence-corrected chi connectivity index (χ4v) is 6.60. The van der Waals surface area contributed by atoms with E-state index in [9.17, 15) is 24.2 Å². The zero-order chi connectivity index (χ0) is 43.2. The van der Waals surface area contributed by atoms with Crippen molar-refractivity contribution in [3.8, 4) is 0 Å². The van der Waals surface area contributed by atoms with Gasteiger partial charge in [-0.1, -0.05) is 163 Å². The van der Waals surface area contributed by atoms with E-state index in [1.165, 1.54) is 51.4 Å². The van der Waals surface area contributed by atoms with Gasteiger partial charge in [0.2, 0.25) is 5.91 Å². The predicted octanol–water partition coefficient (Wildman–Crippen LogP) is 13.2. The van der Waals surface area contributed by atoms with E-state index in [1.54, 1.807) is 0 Å². The van der Waals surface area contributed by atoms with Gasteiger partial charge in [-0.15, -0.1) is 0 Å². The summed E-state index contributed by atoms with van der Waals surface area (Å²) >= 11 is 0. The van der Waals surface area contributed by atoms with Crippen LogP contribution in [-0.2, 0) is 27.9 Å². The average Bonchev–Trinajstić information content (AvgIpc) is 3.22. The number of unbranched alkanes of at least 4 members (excludes halogenated alkanes) is 15. The van der Waals surface area contributed by atoms with Gasteiger partial charge in [0.05, 0.1) is 13.2 Å². The van der Waals surface area contributed by atoms with Gasteiger partial charge < -0.3 is 20.1 Å². The van der Waals surface area contributed by atoms with Crippen LogP contribution in [0.15, 0.2) is 85.1 Å². The summed E-state index contributed by atoms with van der Waals surface area (Å²) in [6.45, 7) is 3.37. The van der Waals surface area contributed by atoms with Crippen LogP contribution in [0.5, 0.6) is 0 Å². The number of ether oxygens (including phenoxy) is 1. The second-order valence-electron chi connectivity index (χ2n) is 15.0. The number of aliphatic hydroxyl groups is 1. The third-order valence-electron chi connectivity index (χ3n) is 9.31. The summed E-state index contributed by atoms with van der Waals surface area (Å²) in [5.41, 5.74) is 0. The average molecular weight is 846 g/mol. The van der Waals surface area contributed by atoms with Gasteiger partial charge in [0.15, 0.2) is 0 Å². The maximum absolute atomic E-state index is 12.1. The van der Waals surface area contributed by atoms with Crippen LogP contribution in [0.3, 0.4) is 0 Å². The van der Waals surface area contributed by atoms with E-state index < -0.39 is 26.5 Å². The SMILES string of the molecule is CC/C=C\C/C=C\C/C=C\CCCCCCCCCC(=O)NCCOP(=O)(O)OCC(O)COC(=O)CCCCCCC/C=C\C/C=C\C/C=C\C/C=C\CCCCC. The molecule has 3 N–H and O–H groups in total. The van der Waals surface area contributed by atoms with Crippen molar-refractivity contribution in [2.24, 2.45) is 0 Å². The van der Waals surface area contributed by atoms with E-state index in [0.29, 0.717) is 12.8 Å². The molecule has 9 nitrogen and oxygen atoms in total. The summed E-state index contributed by atoms with van der Waals surface area (Å²) < 4.78 is 26.9. The highest BCUT2D eigenvalue weighted by atomic mass is 31.2. The zero-order valence-corrected chi connectivity index (χ0v) is 38.1. The van der Waals surface area contributed by atoms with Crippen LogP contribution >= 0.6 is 7.82 Å². The van der Waals surface area contributed by atoms with E-state index in [4.69, 9.17) is 13.8 Å². The molecule has 0 radical (unpaired) electrons. The highest BCUT2D eigenvalue weighted by molar-refractivity contribution is 7.47. The molecule has 10 heteroatoms. The van der Waals surface area contributed by atoms with E-state index in [0.717, 1.165) is 96.3 Å². The van der Waals surface area contributed by atoms with Gasteiger partial charge in [0.1, 0.15) is 12.7 Å². The molecule has 0 fully saturated rings. The number of hydrogen-bond donors (Lipinski definition) is 3. The highest BCUT2D eigenvalue weighted by Crippen LogP contribution is 2.42. The Hall–Kier alpha value is -2.81. The summed E-state index contributed by atoms with van der Waals surface area (Å²) in [5.74, 6) is -0.550. The molecule has 338 valence electrons. The molecule has 2 unspecified atom stereocenters. The molecule has 0 aliphatic carbocycles. The second-order valence-corrected chi connectivity index (χ2v) is 16.4. The molecule has 0 rings (SSSR count). The minimum absolute atomic E-state index is 0.0688. The van der Waals surface area contributed by atoms with Crippen LogP contribution in [0.2, 0.25) is 0 Å². The Kier molecular flexibility index (Phi) is 42.6. The molecule has 0 aromatic carbocycles. The fraction of sp³-hybridized carbons (Fsp3) is 0.673. The molecule has 0 aromatic rings. The van der Waals surface area contributed by atoms with Crippen molar-refractivity contribution >= 4 is 19.7 Å². The smallest absolute Gasteiger partial charge is 0.463 e. The summed E-state index contributed by atoms with van der Waals surface area (Å²) in [6, 6.07) is 0. The van der Waals surface area contributed by atoms with Crippen LogP contribution in [0.1, 0.15) is 181 Å². The highest BCUT2D eigenvalue weighted by Gasteiger charge is 2.23. The van der Waals surface area contributed by atoms with E-state index in [2.05, 4.69) is 104 Å². The van der Waals surface area contributed by atoms with Crippen LogP contribution in [-0.4, -0.2) is 54.3 Å². The number of allylic oxidation sites excluding steroid dienone is 14. The van der Waals surface area contributed by atoms with Crippen molar-refractivity contribution < 1.29 is 37.9 Å². The quantitative estimate of drug-likeness (QED) is 0.0240. The summed E-state index contributed by atoms with van der Waals surface area (Å²) in [6.07, 6.45) is 56.5. The fourth-order valence-electron chi connectivity index (χ4n) is 5.85. The second kappa shape index (κ2) is 44.7. The molecule has 2 atom stereocenters. The number of phosphoric ester groups is 1. The Labute approximate surface area is 360 Å². The number of aliphatic hydroxyl groups excluding tert-OH is 1. The summed E-state index contributed by atoms with van der Waals surface area (Å²) in [4.78, 5) is 34.0. The van der Waals surface area contributed by atoms with Crippen LogP contribution in [0.4, 0.5) is 0 Å². The first-order valence-electron chi connectivity index (χ1n) is 23.1. The first-order chi connectivity index (χ1) is 28.8. The Balaban J connectivity index is 3.66. The number of rotatable bonds is 42. The molecular formula is C49H84NO8P. The van der Waals surface area contributed by atoms with Crippen molar-refractivity contribution in [2.45, 2.75) is 187 Å². The molecule has 0 heterocycles. The van der Waals surface area contributed by atoms with E-state index in [1.807, 2.05) is 0 Å². The van der Waals surface area contributed by atoms with Gasteiger partial charge in [0.25, 0.3) is 0 Å². The minimum Gasteiger partial charge on any atom is -0.463 e. The van der Waals surface area contributed by atoms with Gasteiger partial charge in [0, 0.05) is 19.4 Å². The zero-order valence-electron chi connectivity index (χ0n) is 37.2.